The fraction of sp³-hybridized carbons (Fsp3) is 0.417. The number of rotatable bonds is 5. The summed E-state index contributed by atoms with van der Waals surface area (Å²) in [5.41, 5.74) is -0.568. The summed E-state index contributed by atoms with van der Waals surface area (Å²) in [5, 5.41) is 2.07. The zero-order valence-electron chi connectivity index (χ0n) is 10.8. The largest absolute Gasteiger partial charge is 0.320 e. The summed E-state index contributed by atoms with van der Waals surface area (Å²) in [6.45, 7) is -0.447. The summed E-state index contributed by atoms with van der Waals surface area (Å²) in [6, 6.07) is 3.00. The Bertz CT molecular complexity index is 609. The van der Waals surface area contributed by atoms with E-state index in [2.05, 4.69) is 5.32 Å². The number of hydrogen-bond acceptors (Lipinski definition) is 3. The molecule has 0 unspecified atom stereocenters. The fourth-order valence-electron chi connectivity index (χ4n) is 1.82. The van der Waals surface area contributed by atoms with Crippen molar-refractivity contribution in [2.45, 2.75) is 18.9 Å². The maximum absolute atomic E-state index is 13.4. The molecule has 0 atom stereocenters. The molecular formula is C12H14F2N2O3S. The van der Waals surface area contributed by atoms with Crippen LogP contribution in [0.3, 0.4) is 0 Å². The van der Waals surface area contributed by atoms with Crippen molar-refractivity contribution >= 4 is 21.6 Å². The molecule has 1 aliphatic rings. The van der Waals surface area contributed by atoms with Crippen molar-refractivity contribution in [2.75, 3.05) is 18.1 Å². The number of benzene rings is 1. The molecule has 0 saturated heterocycles. The molecule has 0 radical (unpaired) electrons. The monoisotopic (exact) mass is 304 g/mol. The van der Waals surface area contributed by atoms with Crippen LogP contribution in [0.5, 0.6) is 0 Å². The van der Waals surface area contributed by atoms with E-state index in [1.807, 2.05) is 0 Å². The van der Waals surface area contributed by atoms with Gasteiger partial charge in [0.1, 0.15) is 17.3 Å². The molecule has 5 nitrogen and oxygen atoms in total. The highest BCUT2D eigenvalue weighted by atomic mass is 32.2. The van der Waals surface area contributed by atoms with Gasteiger partial charge in [-0.3, -0.25) is 4.79 Å². The van der Waals surface area contributed by atoms with Gasteiger partial charge in [0, 0.05) is 6.04 Å². The van der Waals surface area contributed by atoms with Crippen molar-refractivity contribution < 1.29 is 22.0 Å². The smallest absolute Gasteiger partial charge is 0.239 e. The number of para-hydroxylation sites is 1. The van der Waals surface area contributed by atoms with Crippen LogP contribution in [0.25, 0.3) is 0 Å². The molecule has 1 aliphatic carbocycles. The highest BCUT2D eigenvalue weighted by Crippen LogP contribution is 2.28. The van der Waals surface area contributed by atoms with E-state index < -0.39 is 39.8 Å². The van der Waals surface area contributed by atoms with Crippen molar-refractivity contribution in [3.63, 3.8) is 0 Å². The minimum atomic E-state index is -3.52. The molecule has 0 aliphatic heterocycles. The van der Waals surface area contributed by atoms with E-state index in [-0.39, 0.29) is 6.04 Å². The number of carbonyl (C=O) groups is 1. The van der Waals surface area contributed by atoms with E-state index in [1.165, 1.54) is 6.07 Å². The highest BCUT2D eigenvalue weighted by molar-refractivity contribution is 7.88. The van der Waals surface area contributed by atoms with Gasteiger partial charge in [0.05, 0.1) is 12.8 Å². The van der Waals surface area contributed by atoms with Gasteiger partial charge in [0.2, 0.25) is 15.9 Å². The number of halogens is 2. The molecule has 2 rings (SSSR count). The molecule has 0 heterocycles. The van der Waals surface area contributed by atoms with Gasteiger partial charge < -0.3 is 5.32 Å². The lowest BCUT2D eigenvalue weighted by atomic mass is 10.3. The van der Waals surface area contributed by atoms with Crippen LogP contribution in [-0.2, 0) is 14.8 Å². The fourth-order valence-corrected chi connectivity index (χ4v) is 2.92. The molecule has 1 amide bonds. The van der Waals surface area contributed by atoms with Crippen LogP contribution in [0.2, 0.25) is 0 Å². The zero-order chi connectivity index (χ0) is 14.9. The van der Waals surface area contributed by atoms with Crippen molar-refractivity contribution in [1.82, 2.24) is 4.31 Å². The number of amides is 1. The first-order valence-corrected chi connectivity index (χ1v) is 7.84. The lowest BCUT2D eigenvalue weighted by molar-refractivity contribution is -0.116. The second kappa shape index (κ2) is 5.45. The van der Waals surface area contributed by atoms with Gasteiger partial charge in [-0.1, -0.05) is 6.07 Å². The van der Waals surface area contributed by atoms with Gasteiger partial charge in [-0.15, -0.1) is 0 Å². The summed E-state index contributed by atoms with van der Waals surface area (Å²) < 4.78 is 50.8. The van der Waals surface area contributed by atoms with Gasteiger partial charge in [0.15, 0.2) is 0 Å². The van der Waals surface area contributed by atoms with Crippen molar-refractivity contribution in [1.29, 1.82) is 0 Å². The molecule has 8 heteroatoms. The molecule has 1 aromatic carbocycles. The molecule has 0 bridgehead atoms. The predicted molar refractivity (Wildman–Crippen MR) is 69.6 cm³/mol. The lowest BCUT2D eigenvalue weighted by Crippen LogP contribution is -2.39. The van der Waals surface area contributed by atoms with Crippen molar-refractivity contribution in [3.8, 4) is 0 Å². The summed E-state index contributed by atoms with van der Waals surface area (Å²) >= 11 is 0. The van der Waals surface area contributed by atoms with Crippen LogP contribution in [0.4, 0.5) is 14.5 Å². The Hall–Kier alpha value is -1.54. The maximum Gasteiger partial charge on any atom is 0.239 e. The minimum absolute atomic E-state index is 0.193. The molecule has 1 fully saturated rings. The SMILES string of the molecule is CS(=O)(=O)N(CC(=O)Nc1c(F)cccc1F)C1CC1. The van der Waals surface area contributed by atoms with E-state index >= 15 is 0 Å². The first-order chi connectivity index (χ1) is 9.29. The topological polar surface area (TPSA) is 66.5 Å². The summed E-state index contributed by atoms with van der Waals surface area (Å²) in [4.78, 5) is 11.8. The Morgan fingerprint density at radius 1 is 1.35 bits per heavy atom. The molecule has 1 aromatic rings. The maximum atomic E-state index is 13.4. The normalized spacial score (nSPS) is 15.4. The van der Waals surface area contributed by atoms with Crippen molar-refractivity contribution in [2.24, 2.45) is 0 Å². The Morgan fingerprint density at radius 2 is 1.90 bits per heavy atom. The number of nitrogens with one attached hydrogen (secondary N) is 1. The zero-order valence-corrected chi connectivity index (χ0v) is 11.6. The van der Waals surface area contributed by atoms with Crippen molar-refractivity contribution in [3.05, 3.63) is 29.8 Å². The van der Waals surface area contributed by atoms with Crippen LogP contribution >= 0.6 is 0 Å². The van der Waals surface area contributed by atoms with Crippen LogP contribution < -0.4 is 5.32 Å². The van der Waals surface area contributed by atoms with Gasteiger partial charge in [-0.25, -0.2) is 17.2 Å². The quantitative estimate of drug-likeness (QED) is 0.892. The molecule has 20 heavy (non-hydrogen) atoms. The summed E-state index contributed by atoms with van der Waals surface area (Å²) in [6.07, 6.45) is 2.38. The van der Waals surface area contributed by atoms with E-state index in [1.54, 1.807) is 0 Å². The molecule has 0 aromatic heterocycles. The molecule has 1 N–H and O–H groups in total. The minimum Gasteiger partial charge on any atom is -0.320 e. The molecular weight excluding hydrogens is 290 g/mol. The number of anilines is 1. The molecule has 1 saturated carbocycles. The Kier molecular flexibility index (Phi) is 4.05. The van der Waals surface area contributed by atoms with Gasteiger partial charge in [-0.05, 0) is 25.0 Å². The van der Waals surface area contributed by atoms with Crippen LogP contribution in [-0.4, -0.2) is 37.5 Å². The Balaban J connectivity index is 2.09. The van der Waals surface area contributed by atoms with Crippen LogP contribution in [0.1, 0.15) is 12.8 Å². The third-order valence-electron chi connectivity index (χ3n) is 2.91. The van der Waals surface area contributed by atoms with Crippen LogP contribution in [0.15, 0.2) is 18.2 Å². The van der Waals surface area contributed by atoms with Gasteiger partial charge in [0.25, 0.3) is 0 Å². The van der Waals surface area contributed by atoms with E-state index in [4.69, 9.17) is 0 Å². The Morgan fingerprint density at radius 3 is 2.35 bits per heavy atom. The molecule has 0 spiro atoms. The second-order valence-corrected chi connectivity index (χ2v) is 6.62. The first kappa shape index (κ1) is 14.9. The average Bonchev–Trinajstić information content (AvgIpc) is 3.13. The molecule has 110 valence electrons. The van der Waals surface area contributed by atoms with E-state index in [0.29, 0.717) is 12.8 Å². The third-order valence-corrected chi connectivity index (χ3v) is 4.19. The number of sulfonamides is 1. The third kappa shape index (κ3) is 3.51. The predicted octanol–water partition coefficient (Wildman–Crippen LogP) is 1.33. The van der Waals surface area contributed by atoms with Gasteiger partial charge in [-0.2, -0.15) is 4.31 Å². The first-order valence-electron chi connectivity index (χ1n) is 5.99. The highest BCUT2D eigenvalue weighted by Gasteiger charge is 2.36. The summed E-state index contributed by atoms with van der Waals surface area (Å²) in [7, 11) is -3.52. The summed E-state index contributed by atoms with van der Waals surface area (Å²) in [5.74, 6) is -2.59. The van der Waals surface area contributed by atoms with E-state index in [9.17, 15) is 22.0 Å². The average molecular weight is 304 g/mol. The number of hydrogen-bond donors (Lipinski definition) is 1. The van der Waals surface area contributed by atoms with Crippen LogP contribution in [0, 0.1) is 11.6 Å². The lowest BCUT2D eigenvalue weighted by Gasteiger charge is -2.18. The standard InChI is InChI=1S/C12H14F2N2O3S/c1-20(18,19)16(8-5-6-8)7-11(17)15-12-9(13)3-2-4-10(12)14/h2-4,8H,5-7H2,1H3,(H,15,17). The number of carbonyl (C=O) groups excluding carboxylic acids is 1. The second-order valence-electron chi connectivity index (χ2n) is 4.68. The number of nitrogens with zero attached hydrogens (tertiary/aromatic N) is 1. The van der Waals surface area contributed by atoms with E-state index in [0.717, 1.165) is 22.7 Å². The Labute approximate surface area is 115 Å². The van der Waals surface area contributed by atoms with Gasteiger partial charge >= 0.3 is 0 Å².